The van der Waals surface area contributed by atoms with Crippen LogP contribution in [-0.2, 0) is 0 Å². The van der Waals surface area contributed by atoms with Gasteiger partial charge in [-0.2, -0.15) is 0 Å². The molecule has 5 heteroatoms. The van der Waals surface area contributed by atoms with Crippen LogP contribution in [0, 0.1) is 0 Å². The SMILES string of the molecule is CCNC(=O)c1cccc(C2CCCN2C(=O)O)c1. The molecular weight excluding hydrogens is 244 g/mol. The number of benzene rings is 1. The minimum absolute atomic E-state index is 0.121. The van der Waals surface area contributed by atoms with Crippen molar-refractivity contribution in [2.24, 2.45) is 0 Å². The molecule has 1 heterocycles. The number of carbonyl (C=O) groups excluding carboxylic acids is 1. The van der Waals surface area contributed by atoms with E-state index in [9.17, 15) is 9.59 Å². The van der Waals surface area contributed by atoms with Crippen LogP contribution in [0.1, 0.15) is 41.7 Å². The average molecular weight is 262 g/mol. The quantitative estimate of drug-likeness (QED) is 0.877. The van der Waals surface area contributed by atoms with Gasteiger partial charge in [-0.25, -0.2) is 4.79 Å². The molecule has 1 aliphatic rings. The molecule has 0 bridgehead atoms. The number of rotatable bonds is 3. The van der Waals surface area contributed by atoms with E-state index in [1.807, 2.05) is 13.0 Å². The summed E-state index contributed by atoms with van der Waals surface area (Å²) in [5.74, 6) is -0.121. The van der Waals surface area contributed by atoms with Crippen molar-refractivity contribution >= 4 is 12.0 Å². The summed E-state index contributed by atoms with van der Waals surface area (Å²) in [7, 11) is 0. The van der Waals surface area contributed by atoms with E-state index in [4.69, 9.17) is 5.11 Å². The number of carbonyl (C=O) groups is 2. The monoisotopic (exact) mass is 262 g/mol. The predicted molar refractivity (Wildman–Crippen MR) is 71.2 cm³/mol. The smallest absolute Gasteiger partial charge is 0.407 e. The van der Waals surface area contributed by atoms with Crippen LogP contribution in [0.4, 0.5) is 4.79 Å². The van der Waals surface area contributed by atoms with Gasteiger partial charge in [0.05, 0.1) is 6.04 Å². The molecule has 0 aliphatic carbocycles. The van der Waals surface area contributed by atoms with Crippen molar-refractivity contribution in [1.82, 2.24) is 10.2 Å². The third-order valence-electron chi connectivity index (χ3n) is 3.37. The second kappa shape index (κ2) is 5.73. The summed E-state index contributed by atoms with van der Waals surface area (Å²) >= 11 is 0. The Morgan fingerprint density at radius 2 is 2.26 bits per heavy atom. The molecule has 0 spiro atoms. The number of nitrogens with one attached hydrogen (secondary N) is 1. The van der Waals surface area contributed by atoms with Crippen molar-refractivity contribution in [2.45, 2.75) is 25.8 Å². The van der Waals surface area contributed by atoms with Gasteiger partial charge in [0.15, 0.2) is 0 Å². The van der Waals surface area contributed by atoms with Gasteiger partial charge in [0, 0.05) is 18.7 Å². The lowest BCUT2D eigenvalue weighted by atomic mass is 10.0. The van der Waals surface area contributed by atoms with Crippen LogP contribution in [0.5, 0.6) is 0 Å². The molecule has 2 amide bonds. The minimum atomic E-state index is -0.897. The highest BCUT2D eigenvalue weighted by atomic mass is 16.4. The maximum atomic E-state index is 11.8. The van der Waals surface area contributed by atoms with E-state index in [-0.39, 0.29) is 11.9 Å². The van der Waals surface area contributed by atoms with E-state index in [0.717, 1.165) is 18.4 Å². The fourth-order valence-corrected chi connectivity index (χ4v) is 2.49. The van der Waals surface area contributed by atoms with Gasteiger partial charge < -0.3 is 15.3 Å². The second-order valence-corrected chi connectivity index (χ2v) is 4.62. The van der Waals surface area contributed by atoms with Crippen molar-refractivity contribution in [1.29, 1.82) is 0 Å². The van der Waals surface area contributed by atoms with Crippen LogP contribution in [0.2, 0.25) is 0 Å². The van der Waals surface area contributed by atoms with Crippen LogP contribution in [0.3, 0.4) is 0 Å². The fourth-order valence-electron chi connectivity index (χ4n) is 2.49. The number of likely N-dealkylation sites (tertiary alicyclic amines) is 1. The van der Waals surface area contributed by atoms with Gasteiger partial charge in [-0.3, -0.25) is 4.79 Å². The summed E-state index contributed by atoms with van der Waals surface area (Å²) in [6.45, 7) is 3.00. The molecule has 1 atom stereocenters. The van der Waals surface area contributed by atoms with Gasteiger partial charge in [-0.1, -0.05) is 12.1 Å². The maximum Gasteiger partial charge on any atom is 0.407 e. The molecule has 1 unspecified atom stereocenters. The van der Waals surface area contributed by atoms with Gasteiger partial charge in [-0.15, -0.1) is 0 Å². The van der Waals surface area contributed by atoms with Crippen molar-refractivity contribution in [3.63, 3.8) is 0 Å². The second-order valence-electron chi connectivity index (χ2n) is 4.62. The molecule has 2 rings (SSSR count). The number of carboxylic acid groups (broad SMARTS) is 1. The van der Waals surface area contributed by atoms with Crippen LogP contribution >= 0.6 is 0 Å². The van der Waals surface area contributed by atoms with E-state index < -0.39 is 6.09 Å². The number of hydrogen-bond donors (Lipinski definition) is 2. The zero-order chi connectivity index (χ0) is 13.8. The van der Waals surface area contributed by atoms with Crippen molar-refractivity contribution in [3.8, 4) is 0 Å². The Bertz CT molecular complexity index is 487. The summed E-state index contributed by atoms with van der Waals surface area (Å²) in [6, 6.07) is 7.09. The molecular formula is C14H18N2O3. The number of nitrogens with zero attached hydrogens (tertiary/aromatic N) is 1. The molecule has 1 aliphatic heterocycles. The minimum Gasteiger partial charge on any atom is -0.465 e. The van der Waals surface area contributed by atoms with E-state index in [1.54, 1.807) is 18.2 Å². The lowest BCUT2D eigenvalue weighted by Crippen LogP contribution is -2.29. The molecule has 102 valence electrons. The highest BCUT2D eigenvalue weighted by Crippen LogP contribution is 2.32. The molecule has 0 aromatic heterocycles. The Hall–Kier alpha value is -2.04. The van der Waals surface area contributed by atoms with Gasteiger partial charge in [-0.05, 0) is 37.5 Å². The summed E-state index contributed by atoms with van der Waals surface area (Å²) in [4.78, 5) is 24.4. The topological polar surface area (TPSA) is 69.6 Å². The summed E-state index contributed by atoms with van der Waals surface area (Å²) in [5, 5.41) is 11.9. The molecule has 0 radical (unpaired) electrons. The maximum absolute atomic E-state index is 11.8. The molecule has 5 nitrogen and oxygen atoms in total. The first-order valence-corrected chi connectivity index (χ1v) is 6.51. The van der Waals surface area contributed by atoms with Crippen LogP contribution in [0.25, 0.3) is 0 Å². The molecule has 1 aromatic carbocycles. The van der Waals surface area contributed by atoms with E-state index in [2.05, 4.69) is 5.32 Å². The van der Waals surface area contributed by atoms with Gasteiger partial charge in [0.2, 0.25) is 0 Å². The number of amides is 2. The molecule has 1 saturated heterocycles. The zero-order valence-corrected chi connectivity index (χ0v) is 10.9. The third-order valence-corrected chi connectivity index (χ3v) is 3.37. The Kier molecular flexibility index (Phi) is 4.04. The van der Waals surface area contributed by atoms with Gasteiger partial charge >= 0.3 is 6.09 Å². The molecule has 1 aromatic rings. The van der Waals surface area contributed by atoms with Crippen LogP contribution < -0.4 is 5.32 Å². The van der Waals surface area contributed by atoms with Gasteiger partial charge in [0.1, 0.15) is 0 Å². The van der Waals surface area contributed by atoms with Crippen molar-refractivity contribution in [3.05, 3.63) is 35.4 Å². The molecule has 19 heavy (non-hydrogen) atoms. The van der Waals surface area contributed by atoms with Crippen molar-refractivity contribution in [2.75, 3.05) is 13.1 Å². The summed E-state index contributed by atoms with van der Waals surface area (Å²) < 4.78 is 0. The zero-order valence-electron chi connectivity index (χ0n) is 10.9. The molecule has 0 saturated carbocycles. The van der Waals surface area contributed by atoms with E-state index in [0.29, 0.717) is 18.7 Å². The lowest BCUT2D eigenvalue weighted by molar-refractivity contribution is 0.0955. The Morgan fingerprint density at radius 3 is 2.95 bits per heavy atom. The molecule has 1 fully saturated rings. The fraction of sp³-hybridized carbons (Fsp3) is 0.429. The van der Waals surface area contributed by atoms with E-state index >= 15 is 0 Å². The average Bonchev–Trinajstić information content (AvgIpc) is 2.88. The number of hydrogen-bond acceptors (Lipinski definition) is 2. The largest absolute Gasteiger partial charge is 0.465 e. The lowest BCUT2D eigenvalue weighted by Gasteiger charge is -2.22. The van der Waals surface area contributed by atoms with Crippen LogP contribution in [-0.4, -0.2) is 35.1 Å². The Balaban J connectivity index is 2.23. The third kappa shape index (κ3) is 2.86. The summed E-state index contributed by atoms with van der Waals surface area (Å²) in [5.41, 5.74) is 1.47. The predicted octanol–water partition coefficient (Wildman–Crippen LogP) is 2.25. The Morgan fingerprint density at radius 1 is 1.47 bits per heavy atom. The molecule has 2 N–H and O–H groups in total. The van der Waals surface area contributed by atoms with Gasteiger partial charge in [0.25, 0.3) is 5.91 Å². The highest BCUT2D eigenvalue weighted by Gasteiger charge is 2.29. The van der Waals surface area contributed by atoms with E-state index in [1.165, 1.54) is 4.90 Å². The highest BCUT2D eigenvalue weighted by molar-refractivity contribution is 5.94. The normalized spacial score (nSPS) is 18.4. The van der Waals surface area contributed by atoms with Crippen LogP contribution in [0.15, 0.2) is 24.3 Å². The first kappa shape index (κ1) is 13.4. The van der Waals surface area contributed by atoms with Crippen molar-refractivity contribution < 1.29 is 14.7 Å². The Labute approximate surface area is 112 Å². The standard InChI is InChI=1S/C14H18N2O3/c1-2-15-13(17)11-6-3-5-10(9-11)12-7-4-8-16(12)14(18)19/h3,5-6,9,12H,2,4,7-8H2,1H3,(H,15,17)(H,18,19). The first-order chi connectivity index (χ1) is 9.13. The first-order valence-electron chi connectivity index (χ1n) is 6.51. The summed E-state index contributed by atoms with van der Waals surface area (Å²) in [6.07, 6.45) is 0.777.